The second-order valence-corrected chi connectivity index (χ2v) is 10.6. The standard InChI is InChI=1S/C23H34BrNO4/c1-22(2,3)29-15-6-7-18-17-12-19(27-4)21(28-14-23(26)9-5-10-23)20(24)16(17)8-11-25(18)13-15/h12,15,18,26H,5-11,13-14H2,1-4H3. The predicted molar refractivity (Wildman–Crippen MR) is 117 cm³/mol. The van der Waals surface area contributed by atoms with Crippen LogP contribution >= 0.6 is 15.9 Å². The van der Waals surface area contributed by atoms with Crippen LogP contribution in [0.25, 0.3) is 0 Å². The molecule has 2 heterocycles. The molecule has 1 saturated heterocycles. The number of fused-ring (bicyclic) bond motifs is 3. The zero-order valence-corrected chi connectivity index (χ0v) is 19.7. The van der Waals surface area contributed by atoms with Gasteiger partial charge in [0.1, 0.15) is 6.61 Å². The maximum Gasteiger partial charge on any atom is 0.175 e. The van der Waals surface area contributed by atoms with E-state index in [1.807, 2.05) is 0 Å². The van der Waals surface area contributed by atoms with Gasteiger partial charge in [0.25, 0.3) is 0 Å². The molecule has 2 atom stereocenters. The highest BCUT2D eigenvalue weighted by atomic mass is 79.9. The van der Waals surface area contributed by atoms with Crippen molar-refractivity contribution in [1.82, 2.24) is 4.90 Å². The summed E-state index contributed by atoms with van der Waals surface area (Å²) in [4.78, 5) is 2.56. The predicted octanol–water partition coefficient (Wildman–Crippen LogP) is 4.63. The Labute approximate surface area is 182 Å². The summed E-state index contributed by atoms with van der Waals surface area (Å²) >= 11 is 3.80. The van der Waals surface area contributed by atoms with Crippen LogP contribution in [-0.2, 0) is 11.2 Å². The first-order valence-electron chi connectivity index (χ1n) is 10.9. The summed E-state index contributed by atoms with van der Waals surface area (Å²) in [6.07, 6.45) is 6.12. The third-order valence-electron chi connectivity index (χ3n) is 6.48. The largest absolute Gasteiger partial charge is 0.493 e. The highest BCUT2D eigenvalue weighted by molar-refractivity contribution is 9.10. The number of benzene rings is 1. The van der Waals surface area contributed by atoms with Crippen LogP contribution in [0.4, 0.5) is 0 Å². The van der Waals surface area contributed by atoms with Gasteiger partial charge in [-0.3, -0.25) is 4.90 Å². The van der Waals surface area contributed by atoms with E-state index in [9.17, 15) is 5.11 Å². The summed E-state index contributed by atoms with van der Waals surface area (Å²) in [7, 11) is 1.69. The number of hydrogen-bond donors (Lipinski definition) is 1. The van der Waals surface area contributed by atoms with Crippen LogP contribution in [0, 0.1) is 0 Å². The molecule has 5 nitrogen and oxygen atoms in total. The number of nitrogens with zero attached hydrogens (tertiary/aromatic N) is 1. The summed E-state index contributed by atoms with van der Waals surface area (Å²) in [6.45, 7) is 8.72. The van der Waals surface area contributed by atoms with Crippen LogP contribution in [-0.4, -0.2) is 54.1 Å². The molecule has 1 aliphatic carbocycles. The van der Waals surface area contributed by atoms with Crippen molar-refractivity contribution in [2.45, 2.75) is 82.6 Å². The Morgan fingerprint density at radius 2 is 2.03 bits per heavy atom. The van der Waals surface area contributed by atoms with Gasteiger partial charge in [-0.05, 0) is 92.4 Å². The van der Waals surface area contributed by atoms with Gasteiger partial charge in [-0.25, -0.2) is 0 Å². The Hall–Kier alpha value is -0.820. The van der Waals surface area contributed by atoms with Gasteiger partial charge in [-0.1, -0.05) is 0 Å². The van der Waals surface area contributed by atoms with Gasteiger partial charge in [-0.2, -0.15) is 0 Å². The number of hydrogen-bond acceptors (Lipinski definition) is 5. The summed E-state index contributed by atoms with van der Waals surface area (Å²) in [6, 6.07) is 2.55. The maximum absolute atomic E-state index is 10.4. The van der Waals surface area contributed by atoms with Crippen molar-refractivity contribution in [2.24, 2.45) is 0 Å². The number of aliphatic hydroxyl groups is 1. The fourth-order valence-corrected chi connectivity index (χ4v) is 5.63. The molecule has 6 heteroatoms. The van der Waals surface area contributed by atoms with Crippen LogP contribution in [0.1, 0.15) is 70.0 Å². The molecule has 1 aromatic carbocycles. The molecule has 2 fully saturated rings. The maximum atomic E-state index is 10.4. The van der Waals surface area contributed by atoms with Gasteiger partial charge in [-0.15, -0.1) is 0 Å². The molecule has 0 bridgehead atoms. The van der Waals surface area contributed by atoms with Gasteiger partial charge < -0.3 is 19.3 Å². The van der Waals surface area contributed by atoms with Crippen molar-refractivity contribution in [2.75, 3.05) is 26.8 Å². The molecule has 4 rings (SSSR count). The molecular weight excluding hydrogens is 434 g/mol. The average Bonchev–Trinajstić information content (AvgIpc) is 2.63. The normalized spacial score (nSPS) is 26.3. The monoisotopic (exact) mass is 467 g/mol. The van der Waals surface area contributed by atoms with Crippen LogP contribution in [0.3, 0.4) is 0 Å². The van der Waals surface area contributed by atoms with Gasteiger partial charge in [0.2, 0.25) is 0 Å². The minimum absolute atomic E-state index is 0.103. The molecule has 3 aliphatic rings. The Kier molecular flexibility index (Phi) is 5.93. The van der Waals surface area contributed by atoms with Crippen molar-refractivity contribution in [3.8, 4) is 11.5 Å². The zero-order chi connectivity index (χ0) is 20.8. The van der Waals surface area contributed by atoms with E-state index in [-0.39, 0.29) is 5.60 Å². The van der Waals surface area contributed by atoms with Crippen molar-refractivity contribution in [1.29, 1.82) is 0 Å². The lowest BCUT2D eigenvalue weighted by atomic mass is 9.81. The molecule has 0 spiro atoms. The summed E-state index contributed by atoms with van der Waals surface area (Å²) in [5.41, 5.74) is 1.87. The van der Waals surface area contributed by atoms with Crippen LogP contribution in [0.15, 0.2) is 10.5 Å². The van der Waals surface area contributed by atoms with E-state index in [2.05, 4.69) is 47.7 Å². The Bertz CT molecular complexity index is 756. The molecule has 162 valence electrons. The molecule has 2 unspecified atom stereocenters. The molecule has 2 aliphatic heterocycles. The van der Waals surface area contributed by atoms with E-state index >= 15 is 0 Å². The molecule has 29 heavy (non-hydrogen) atoms. The number of rotatable bonds is 5. The van der Waals surface area contributed by atoms with Crippen molar-refractivity contribution in [3.63, 3.8) is 0 Å². The van der Waals surface area contributed by atoms with Crippen molar-refractivity contribution in [3.05, 3.63) is 21.7 Å². The summed E-state index contributed by atoms with van der Waals surface area (Å²) < 4.78 is 19.0. The quantitative estimate of drug-likeness (QED) is 0.683. The lowest BCUT2D eigenvalue weighted by Crippen LogP contribution is -2.47. The molecule has 0 amide bonds. The van der Waals surface area contributed by atoms with Crippen LogP contribution < -0.4 is 9.47 Å². The number of methoxy groups -OCH3 is 1. The Morgan fingerprint density at radius 3 is 2.66 bits per heavy atom. The Balaban J connectivity index is 1.55. The van der Waals surface area contributed by atoms with Crippen LogP contribution in [0.2, 0.25) is 0 Å². The second-order valence-electron chi connectivity index (χ2n) is 9.85. The molecule has 1 saturated carbocycles. The average molecular weight is 468 g/mol. The topological polar surface area (TPSA) is 51.2 Å². The highest BCUT2D eigenvalue weighted by Crippen LogP contribution is 2.48. The smallest absolute Gasteiger partial charge is 0.175 e. The van der Waals surface area contributed by atoms with E-state index < -0.39 is 5.60 Å². The fourth-order valence-electron chi connectivity index (χ4n) is 4.90. The first-order chi connectivity index (χ1) is 13.7. The molecule has 1 aromatic rings. The lowest BCUT2D eigenvalue weighted by Gasteiger charge is -2.45. The molecular formula is C23H34BrNO4. The molecule has 0 radical (unpaired) electrons. The van der Waals surface area contributed by atoms with Gasteiger partial charge in [0.15, 0.2) is 11.5 Å². The zero-order valence-electron chi connectivity index (χ0n) is 18.1. The number of halogens is 1. The van der Waals surface area contributed by atoms with Crippen LogP contribution in [0.5, 0.6) is 11.5 Å². The van der Waals surface area contributed by atoms with Crippen molar-refractivity contribution >= 4 is 15.9 Å². The molecule has 1 N–H and O–H groups in total. The Morgan fingerprint density at radius 1 is 1.28 bits per heavy atom. The third kappa shape index (κ3) is 4.46. The highest BCUT2D eigenvalue weighted by Gasteiger charge is 2.38. The molecule has 0 aromatic heterocycles. The van der Waals surface area contributed by atoms with Gasteiger partial charge >= 0.3 is 0 Å². The minimum Gasteiger partial charge on any atom is -0.493 e. The van der Waals surface area contributed by atoms with Crippen molar-refractivity contribution < 1.29 is 19.3 Å². The first-order valence-corrected chi connectivity index (χ1v) is 11.6. The van der Waals surface area contributed by atoms with E-state index in [1.54, 1.807) is 7.11 Å². The SMILES string of the molecule is COc1cc2c(c(Br)c1OCC1(O)CCC1)CCN1CC(OC(C)(C)C)CCC21. The van der Waals surface area contributed by atoms with Gasteiger partial charge in [0.05, 0.1) is 28.9 Å². The first kappa shape index (κ1) is 21.4. The fraction of sp³-hybridized carbons (Fsp3) is 0.739. The van der Waals surface area contributed by atoms with E-state index in [4.69, 9.17) is 14.2 Å². The van der Waals surface area contributed by atoms with Gasteiger partial charge in [0, 0.05) is 19.1 Å². The van der Waals surface area contributed by atoms with E-state index in [1.165, 1.54) is 11.1 Å². The summed E-state index contributed by atoms with van der Waals surface area (Å²) in [5.74, 6) is 1.47. The minimum atomic E-state index is -0.678. The second kappa shape index (κ2) is 8.03. The number of piperidine rings is 1. The van der Waals surface area contributed by atoms with E-state index in [0.717, 1.165) is 67.6 Å². The van der Waals surface area contributed by atoms with E-state index in [0.29, 0.717) is 18.8 Å². The lowest BCUT2D eigenvalue weighted by molar-refractivity contribution is -0.0972. The third-order valence-corrected chi connectivity index (χ3v) is 7.32. The summed E-state index contributed by atoms with van der Waals surface area (Å²) in [5, 5.41) is 10.4. The number of ether oxygens (including phenoxy) is 3.